The summed E-state index contributed by atoms with van der Waals surface area (Å²) in [6, 6.07) is 43.0. The zero-order chi connectivity index (χ0) is 36.2. The molecule has 0 saturated heterocycles. The van der Waals surface area contributed by atoms with Crippen LogP contribution in [0, 0.1) is 0 Å². The maximum Gasteiger partial charge on any atom is 0.186 e. The Hall–Kier alpha value is -7.44. The fourth-order valence-corrected chi connectivity index (χ4v) is 7.73. The summed E-state index contributed by atoms with van der Waals surface area (Å²) in [5, 5.41) is 1.80. The molecule has 0 amide bonds. The van der Waals surface area contributed by atoms with Crippen molar-refractivity contribution in [2.75, 3.05) is 0 Å². The Morgan fingerprint density at radius 1 is 0.463 bits per heavy atom. The van der Waals surface area contributed by atoms with Crippen molar-refractivity contribution in [2.24, 2.45) is 0 Å². The number of carbonyl (C=O) groups is 2. The molecule has 2 N–H and O–H groups in total. The fraction of sp³-hybridized carbons (Fsp3) is 0. The third-order valence-electron chi connectivity index (χ3n) is 10.1. The van der Waals surface area contributed by atoms with E-state index in [0.29, 0.717) is 11.1 Å². The van der Waals surface area contributed by atoms with E-state index in [-0.39, 0.29) is 11.6 Å². The summed E-state index contributed by atoms with van der Waals surface area (Å²) < 4.78 is 0. The van der Waals surface area contributed by atoms with Crippen LogP contribution >= 0.6 is 0 Å². The predicted molar refractivity (Wildman–Crippen MR) is 220 cm³/mol. The lowest BCUT2D eigenvalue weighted by Crippen LogP contribution is -2.07. The first-order valence-corrected chi connectivity index (χ1v) is 17.8. The fourth-order valence-electron chi connectivity index (χ4n) is 7.73. The predicted octanol–water partition coefficient (Wildman–Crippen LogP) is 10.9. The minimum Gasteiger partial charge on any atom is -0.355 e. The Bertz CT molecular complexity index is 2970. The molecule has 0 unspecified atom stereocenters. The van der Waals surface area contributed by atoms with Gasteiger partial charge in [0.2, 0.25) is 0 Å². The van der Waals surface area contributed by atoms with Crippen molar-refractivity contribution in [3.05, 3.63) is 174 Å². The number of aromatic nitrogens is 4. The second-order valence-corrected chi connectivity index (χ2v) is 13.5. The second-order valence-electron chi connectivity index (χ2n) is 13.5. The minimum absolute atomic E-state index is 0.205. The van der Waals surface area contributed by atoms with Crippen LogP contribution in [0.1, 0.15) is 28.3 Å². The molecule has 254 valence electrons. The number of nitrogens with one attached hydrogen (secondary N) is 2. The first-order chi connectivity index (χ1) is 26.6. The van der Waals surface area contributed by atoms with E-state index < -0.39 is 0 Å². The maximum atomic E-state index is 13.3. The molecule has 0 atom stereocenters. The molecule has 6 nitrogen and oxygen atoms in total. The molecule has 0 spiro atoms. The summed E-state index contributed by atoms with van der Waals surface area (Å²) in [5.74, 6) is -0.417. The first-order valence-electron chi connectivity index (χ1n) is 17.8. The maximum absolute atomic E-state index is 13.3. The minimum atomic E-state index is -0.213. The van der Waals surface area contributed by atoms with Gasteiger partial charge in [0.1, 0.15) is 0 Å². The number of aromatic amines is 2. The van der Waals surface area contributed by atoms with Crippen LogP contribution in [-0.2, 0) is 9.59 Å². The summed E-state index contributed by atoms with van der Waals surface area (Å²) in [7, 11) is 0. The number of fused-ring (bicyclic) bond motifs is 9. The van der Waals surface area contributed by atoms with E-state index in [1.165, 1.54) is 18.2 Å². The van der Waals surface area contributed by atoms with E-state index in [2.05, 4.69) is 88.9 Å². The number of allylic oxidation sites excluding steroid dienone is 4. The van der Waals surface area contributed by atoms with Crippen LogP contribution < -0.4 is 0 Å². The lowest BCUT2D eigenvalue weighted by molar-refractivity contribution is -0.113. The zero-order valence-corrected chi connectivity index (χ0v) is 28.9. The topological polar surface area (TPSA) is 91.5 Å². The van der Waals surface area contributed by atoms with Gasteiger partial charge in [0.25, 0.3) is 0 Å². The highest BCUT2D eigenvalue weighted by molar-refractivity contribution is 6.36. The Morgan fingerprint density at radius 3 is 1.78 bits per heavy atom. The van der Waals surface area contributed by atoms with Crippen LogP contribution in [0.25, 0.3) is 96.1 Å². The van der Waals surface area contributed by atoms with E-state index in [1.807, 2.05) is 72.8 Å². The molecule has 3 aliphatic rings. The number of rotatable bonds is 4. The van der Waals surface area contributed by atoms with Gasteiger partial charge in [0.05, 0.1) is 22.8 Å². The first kappa shape index (κ1) is 31.3. The van der Waals surface area contributed by atoms with Gasteiger partial charge in [-0.05, 0) is 106 Å². The van der Waals surface area contributed by atoms with Crippen molar-refractivity contribution >= 4 is 74.3 Å². The second kappa shape index (κ2) is 12.7. The smallest absolute Gasteiger partial charge is 0.186 e. The number of hydrogen-bond donors (Lipinski definition) is 2. The molecule has 6 heteroatoms. The summed E-state index contributed by atoms with van der Waals surface area (Å²) in [4.78, 5) is 43.9. The zero-order valence-electron chi connectivity index (χ0n) is 28.9. The molecule has 8 bridgehead atoms. The summed E-state index contributed by atoms with van der Waals surface area (Å²) in [5.41, 5.74) is 13.7. The molecule has 4 aromatic carbocycles. The van der Waals surface area contributed by atoms with Gasteiger partial charge >= 0.3 is 0 Å². The highest BCUT2D eigenvalue weighted by Gasteiger charge is 2.22. The summed E-state index contributed by atoms with van der Waals surface area (Å²) >= 11 is 0. The van der Waals surface area contributed by atoms with E-state index >= 15 is 0 Å². The molecular formula is C48H30N4O2. The number of nitrogens with zero attached hydrogens (tertiary/aromatic N) is 2. The Morgan fingerprint density at radius 2 is 1.06 bits per heavy atom. The molecule has 7 aromatic rings. The van der Waals surface area contributed by atoms with Crippen molar-refractivity contribution in [1.82, 2.24) is 19.9 Å². The average molecular weight is 695 g/mol. The Balaban J connectivity index is 1.38. The van der Waals surface area contributed by atoms with Gasteiger partial charge < -0.3 is 9.97 Å². The van der Waals surface area contributed by atoms with Crippen molar-refractivity contribution in [2.45, 2.75) is 0 Å². The van der Waals surface area contributed by atoms with Crippen LogP contribution in [-0.4, -0.2) is 31.5 Å². The number of benzene rings is 4. The van der Waals surface area contributed by atoms with E-state index in [9.17, 15) is 9.59 Å². The van der Waals surface area contributed by atoms with Gasteiger partial charge in [-0.15, -0.1) is 0 Å². The average Bonchev–Trinajstić information content (AvgIpc) is 4.04. The molecule has 0 saturated carbocycles. The van der Waals surface area contributed by atoms with Crippen LogP contribution in [0.3, 0.4) is 0 Å². The highest BCUT2D eigenvalue weighted by atomic mass is 16.1. The van der Waals surface area contributed by atoms with Crippen molar-refractivity contribution in [1.29, 1.82) is 0 Å². The third kappa shape index (κ3) is 5.36. The van der Waals surface area contributed by atoms with Gasteiger partial charge in [-0.1, -0.05) is 97.1 Å². The van der Waals surface area contributed by atoms with E-state index in [0.717, 1.165) is 89.0 Å². The molecule has 2 aliphatic heterocycles. The van der Waals surface area contributed by atoms with Gasteiger partial charge in [-0.2, -0.15) is 0 Å². The third-order valence-corrected chi connectivity index (χ3v) is 10.1. The van der Waals surface area contributed by atoms with Crippen molar-refractivity contribution < 1.29 is 9.59 Å². The van der Waals surface area contributed by atoms with E-state index in [4.69, 9.17) is 9.97 Å². The molecule has 10 rings (SSSR count). The van der Waals surface area contributed by atoms with Gasteiger partial charge in [-0.3, -0.25) is 9.59 Å². The van der Waals surface area contributed by atoms with Crippen LogP contribution in [0.4, 0.5) is 0 Å². The molecule has 0 fully saturated rings. The number of H-pyrrole nitrogens is 2. The van der Waals surface area contributed by atoms with Crippen LogP contribution in [0.2, 0.25) is 0 Å². The summed E-state index contributed by atoms with van der Waals surface area (Å²) in [6.45, 7) is 0. The highest BCUT2D eigenvalue weighted by Crippen LogP contribution is 2.41. The molecule has 3 aromatic heterocycles. The quantitative estimate of drug-likeness (QED) is 0.179. The van der Waals surface area contributed by atoms with Gasteiger partial charge in [-0.25, -0.2) is 9.97 Å². The van der Waals surface area contributed by atoms with Gasteiger partial charge in [0.15, 0.2) is 11.6 Å². The van der Waals surface area contributed by atoms with Gasteiger partial charge in [0, 0.05) is 44.3 Å². The number of hydrogen-bond acceptors (Lipinski definition) is 4. The lowest BCUT2D eigenvalue weighted by atomic mass is 9.88. The molecule has 5 heterocycles. The number of carbonyl (C=O) groups excluding carboxylic acids is 2. The molecule has 54 heavy (non-hydrogen) atoms. The summed E-state index contributed by atoms with van der Waals surface area (Å²) in [6.07, 6.45) is 12.4. The standard InChI is InChI=1S/C48H30N4O2/c53-34-19-26-44(54)37(28-34)35-15-7-13-29-14-8-16-36(45(29)35)48-42-24-22-40(51-42)46(30-9-3-1-4-10-30)38-20-17-32(49-38)27-33-18-21-39(50-33)47(31-11-5-2-6-12-31)41-23-25-43(48)52-41/h1-28,49,52H. The largest absolute Gasteiger partial charge is 0.355 e. The number of ketones is 2. The molecule has 0 radical (unpaired) electrons. The Labute approximate surface area is 310 Å². The van der Waals surface area contributed by atoms with Crippen molar-refractivity contribution in [3.63, 3.8) is 0 Å². The Kier molecular flexibility index (Phi) is 7.34. The van der Waals surface area contributed by atoms with E-state index in [1.54, 1.807) is 0 Å². The lowest BCUT2D eigenvalue weighted by Gasteiger charge is -2.15. The van der Waals surface area contributed by atoms with Crippen molar-refractivity contribution in [3.8, 4) is 33.4 Å². The SMILES string of the molecule is O=C1C=CC(=O)C(c2cccc3cccc(-c4c5nc(c(-c6ccccc6)c6ccc(cc7nc(c(-c8ccccc8)c8ccc4[nH]8)C=C7)[nH]6)C=C5)c23)=C1. The monoisotopic (exact) mass is 694 g/mol. The van der Waals surface area contributed by atoms with Crippen LogP contribution in [0.15, 0.2) is 146 Å². The van der Waals surface area contributed by atoms with Crippen LogP contribution in [0.5, 0.6) is 0 Å². The molecular weight excluding hydrogens is 665 g/mol. The molecule has 1 aliphatic carbocycles. The normalized spacial score (nSPS) is 13.5.